The summed E-state index contributed by atoms with van der Waals surface area (Å²) in [6.07, 6.45) is 2.02. The average molecular weight is 314 g/mol. The second-order valence-corrected chi connectivity index (χ2v) is 5.38. The van der Waals surface area contributed by atoms with E-state index in [1.807, 2.05) is 0 Å². The first-order valence-electron chi connectivity index (χ1n) is 7.20. The molecule has 6 heteroatoms. The highest BCUT2D eigenvalue weighted by atomic mass is 19.1. The van der Waals surface area contributed by atoms with E-state index in [1.54, 1.807) is 18.2 Å². The molecule has 3 rings (SSSR count). The van der Waals surface area contributed by atoms with Crippen LogP contribution in [0.2, 0.25) is 0 Å². The number of esters is 1. The van der Waals surface area contributed by atoms with E-state index in [4.69, 9.17) is 0 Å². The molecular formula is C17H15FN2O3. The summed E-state index contributed by atoms with van der Waals surface area (Å²) in [4.78, 5) is 27.7. The van der Waals surface area contributed by atoms with E-state index in [0.29, 0.717) is 17.5 Å². The minimum absolute atomic E-state index is 0.111. The van der Waals surface area contributed by atoms with Gasteiger partial charge in [-0.05, 0) is 36.1 Å². The van der Waals surface area contributed by atoms with Crippen molar-refractivity contribution in [2.45, 2.75) is 12.3 Å². The van der Waals surface area contributed by atoms with E-state index in [-0.39, 0.29) is 29.4 Å². The zero-order valence-corrected chi connectivity index (χ0v) is 12.5. The zero-order valence-electron chi connectivity index (χ0n) is 12.5. The van der Waals surface area contributed by atoms with Crippen LogP contribution in [-0.4, -0.2) is 24.0 Å². The Hall–Kier alpha value is -2.76. The van der Waals surface area contributed by atoms with Gasteiger partial charge < -0.3 is 10.1 Å². The van der Waals surface area contributed by atoms with Crippen molar-refractivity contribution in [3.8, 4) is 0 Å². The molecule has 1 N–H and O–H groups in total. The van der Waals surface area contributed by atoms with Crippen LogP contribution in [-0.2, 0) is 9.53 Å². The third-order valence-electron chi connectivity index (χ3n) is 3.86. The van der Waals surface area contributed by atoms with Crippen LogP contribution < -0.4 is 5.32 Å². The number of methoxy groups -OCH3 is 1. The third-order valence-corrected chi connectivity index (χ3v) is 3.86. The number of aromatic nitrogens is 1. The summed E-state index contributed by atoms with van der Waals surface area (Å²) in [6.45, 7) is 0. The Labute approximate surface area is 132 Å². The van der Waals surface area contributed by atoms with Gasteiger partial charge in [-0.25, -0.2) is 14.2 Å². The number of amides is 1. The van der Waals surface area contributed by atoms with Crippen molar-refractivity contribution < 1.29 is 18.7 Å². The molecule has 1 aliphatic carbocycles. The molecule has 5 nitrogen and oxygen atoms in total. The van der Waals surface area contributed by atoms with Crippen LogP contribution in [0.1, 0.15) is 28.3 Å². The molecule has 1 heterocycles. The minimum atomic E-state index is -0.501. The van der Waals surface area contributed by atoms with Crippen molar-refractivity contribution >= 4 is 17.7 Å². The molecule has 23 heavy (non-hydrogen) atoms. The Balaban J connectivity index is 1.67. The first-order chi connectivity index (χ1) is 11.1. The van der Waals surface area contributed by atoms with E-state index >= 15 is 0 Å². The zero-order chi connectivity index (χ0) is 16.4. The summed E-state index contributed by atoms with van der Waals surface area (Å²) >= 11 is 0. The molecule has 1 aromatic carbocycles. The fourth-order valence-corrected chi connectivity index (χ4v) is 2.57. The number of halogens is 1. The first-order valence-corrected chi connectivity index (χ1v) is 7.20. The standard InChI is InChI=1S/C17H15FN2O3/c1-23-17(22)10-6-7-19-15(8-10)20-16(21)13-9-12(13)11-4-2-3-5-14(11)18/h2-8,12-13H,9H2,1H3,(H,19,20,21)/t12-,13-/m1/s1. The predicted molar refractivity (Wildman–Crippen MR) is 81.5 cm³/mol. The number of nitrogens with zero attached hydrogens (tertiary/aromatic N) is 1. The lowest BCUT2D eigenvalue weighted by atomic mass is 10.1. The van der Waals surface area contributed by atoms with Gasteiger partial charge in [0, 0.05) is 12.1 Å². The summed E-state index contributed by atoms with van der Waals surface area (Å²) in [6, 6.07) is 9.42. The Morgan fingerprint density at radius 1 is 1.30 bits per heavy atom. The smallest absolute Gasteiger partial charge is 0.338 e. The number of pyridine rings is 1. The number of rotatable bonds is 4. The Bertz CT molecular complexity index is 763. The molecule has 1 fully saturated rings. The Morgan fingerprint density at radius 2 is 2.09 bits per heavy atom. The molecule has 0 spiro atoms. The van der Waals surface area contributed by atoms with Crippen LogP contribution >= 0.6 is 0 Å². The monoisotopic (exact) mass is 314 g/mol. The van der Waals surface area contributed by atoms with Crippen molar-refractivity contribution in [3.63, 3.8) is 0 Å². The van der Waals surface area contributed by atoms with Crippen LogP contribution in [0.25, 0.3) is 0 Å². The second-order valence-electron chi connectivity index (χ2n) is 5.38. The van der Waals surface area contributed by atoms with Crippen LogP contribution in [0.5, 0.6) is 0 Å². The summed E-state index contributed by atoms with van der Waals surface area (Å²) in [5, 5.41) is 2.66. The SMILES string of the molecule is COC(=O)c1ccnc(NC(=O)[C@@H]2C[C@@H]2c2ccccc2F)c1. The average Bonchev–Trinajstić information content (AvgIpc) is 3.35. The maximum atomic E-state index is 13.7. The number of carbonyl (C=O) groups excluding carboxylic acids is 2. The number of benzene rings is 1. The number of ether oxygens (including phenoxy) is 1. The molecule has 0 radical (unpaired) electrons. The summed E-state index contributed by atoms with van der Waals surface area (Å²) < 4.78 is 18.4. The molecule has 1 aliphatic rings. The van der Waals surface area contributed by atoms with Gasteiger partial charge >= 0.3 is 5.97 Å². The fourth-order valence-electron chi connectivity index (χ4n) is 2.57. The molecule has 1 saturated carbocycles. The Kier molecular flexibility index (Phi) is 4.06. The van der Waals surface area contributed by atoms with Gasteiger partial charge in [0.2, 0.25) is 5.91 Å². The van der Waals surface area contributed by atoms with Crippen molar-refractivity contribution in [3.05, 3.63) is 59.5 Å². The van der Waals surface area contributed by atoms with Gasteiger partial charge in [-0.1, -0.05) is 18.2 Å². The number of hydrogen-bond acceptors (Lipinski definition) is 4. The summed E-state index contributed by atoms with van der Waals surface area (Å²) in [7, 11) is 1.28. The summed E-state index contributed by atoms with van der Waals surface area (Å²) in [5.74, 6) is -1.14. The molecule has 0 aliphatic heterocycles. The minimum Gasteiger partial charge on any atom is -0.465 e. The van der Waals surface area contributed by atoms with Gasteiger partial charge in [0.25, 0.3) is 0 Å². The number of nitrogens with one attached hydrogen (secondary N) is 1. The van der Waals surface area contributed by atoms with Crippen molar-refractivity contribution in [1.82, 2.24) is 4.98 Å². The number of hydrogen-bond donors (Lipinski definition) is 1. The largest absolute Gasteiger partial charge is 0.465 e. The maximum absolute atomic E-state index is 13.7. The normalized spacial score (nSPS) is 19.0. The van der Waals surface area contributed by atoms with E-state index in [2.05, 4.69) is 15.0 Å². The molecule has 2 atom stereocenters. The Morgan fingerprint density at radius 3 is 2.83 bits per heavy atom. The van der Waals surface area contributed by atoms with Gasteiger partial charge in [0.15, 0.2) is 0 Å². The fraction of sp³-hybridized carbons (Fsp3) is 0.235. The molecule has 0 bridgehead atoms. The molecule has 1 amide bonds. The van der Waals surface area contributed by atoms with E-state index in [0.717, 1.165) is 0 Å². The topological polar surface area (TPSA) is 68.3 Å². The van der Waals surface area contributed by atoms with Crippen LogP contribution in [0, 0.1) is 11.7 Å². The maximum Gasteiger partial charge on any atom is 0.338 e. The molecule has 0 saturated heterocycles. The predicted octanol–water partition coefficient (Wildman–Crippen LogP) is 2.75. The first kappa shape index (κ1) is 15.1. The van der Waals surface area contributed by atoms with Gasteiger partial charge in [0.1, 0.15) is 11.6 Å². The van der Waals surface area contributed by atoms with E-state index in [9.17, 15) is 14.0 Å². The van der Waals surface area contributed by atoms with E-state index in [1.165, 1.54) is 31.5 Å². The lowest BCUT2D eigenvalue weighted by Gasteiger charge is -2.06. The number of carbonyl (C=O) groups is 2. The highest BCUT2D eigenvalue weighted by Gasteiger charge is 2.45. The van der Waals surface area contributed by atoms with Crippen LogP contribution in [0.15, 0.2) is 42.6 Å². The lowest BCUT2D eigenvalue weighted by molar-refractivity contribution is -0.117. The van der Waals surface area contributed by atoms with E-state index < -0.39 is 5.97 Å². The second kappa shape index (κ2) is 6.16. The quantitative estimate of drug-likeness (QED) is 0.881. The van der Waals surface area contributed by atoms with Crippen molar-refractivity contribution in [1.29, 1.82) is 0 Å². The van der Waals surface area contributed by atoms with Gasteiger partial charge in [-0.15, -0.1) is 0 Å². The molecule has 0 unspecified atom stereocenters. The highest BCUT2D eigenvalue weighted by molar-refractivity contribution is 5.96. The number of anilines is 1. The van der Waals surface area contributed by atoms with Gasteiger partial charge in [0.05, 0.1) is 12.7 Å². The lowest BCUT2D eigenvalue weighted by Crippen LogP contribution is -2.16. The van der Waals surface area contributed by atoms with Crippen LogP contribution in [0.3, 0.4) is 0 Å². The molecule has 118 valence electrons. The highest BCUT2D eigenvalue weighted by Crippen LogP contribution is 2.48. The molecular weight excluding hydrogens is 299 g/mol. The van der Waals surface area contributed by atoms with Gasteiger partial charge in [-0.2, -0.15) is 0 Å². The van der Waals surface area contributed by atoms with Crippen molar-refractivity contribution in [2.75, 3.05) is 12.4 Å². The van der Waals surface area contributed by atoms with Gasteiger partial charge in [-0.3, -0.25) is 4.79 Å². The third kappa shape index (κ3) is 3.21. The summed E-state index contributed by atoms with van der Waals surface area (Å²) in [5.41, 5.74) is 0.864. The molecule has 2 aromatic rings. The van der Waals surface area contributed by atoms with Crippen LogP contribution in [0.4, 0.5) is 10.2 Å². The van der Waals surface area contributed by atoms with Crippen molar-refractivity contribution in [2.24, 2.45) is 5.92 Å². The molecule has 1 aromatic heterocycles.